The highest BCUT2D eigenvalue weighted by molar-refractivity contribution is 6.00. The summed E-state index contributed by atoms with van der Waals surface area (Å²) in [6.07, 6.45) is 3.41. The van der Waals surface area contributed by atoms with Gasteiger partial charge in [0, 0.05) is 24.8 Å². The molecule has 1 saturated heterocycles. The van der Waals surface area contributed by atoms with E-state index in [0.29, 0.717) is 30.0 Å². The fraction of sp³-hybridized carbons (Fsp3) is 0.217. The molecule has 2 aromatic carbocycles. The van der Waals surface area contributed by atoms with Crippen LogP contribution < -0.4 is 0 Å². The van der Waals surface area contributed by atoms with Gasteiger partial charge >= 0.3 is 0 Å². The summed E-state index contributed by atoms with van der Waals surface area (Å²) in [5.74, 6) is -0.336. The summed E-state index contributed by atoms with van der Waals surface area (Å²) < 4.78 is 14.9. The van der Waals surface area contributed by atoms with Crippen LogP contribution in [0.25, 0.3) is 16.9 Å². The van der Waals surface area contributed by atoms with E-state index in [4.69, 9.17) is 0 Å². The van der Waals surface area contributed by atoms with Crippen molar-refractivity contribution in [2.45, 2.75) is 19.8 Å². The van der Waals surface area contributed by atoms with E-state index in [9.17, 15) is 9.18 Å². The second-order valence-corrected chi connectivity index (χ2v) is 7.22. The predicted octanol–water partition coefficient (Wildman–Crippen LogP) is 4.78. The summed E-state index contributed by atoms with van der Waals surface area (Å²) in [5.41, 5.74) is 5.09. The summed E-state index contributed by atoms with van der Waals surface area (Å²) >= 11 is 0. The Bertz CT molecular complexity index is 1030. The minimum atomic E-state index is -0.306. The van der Waals surface area contributed by atoms with E-state index in [1.165, 1.54) is 17.7 Å². The van der Waals surface area contributed by atoms with Gasteiger partial charge in [0.25, 0.3) is 5.91 Å². The molecule has 0 unspecified atom stereocenters. The zero-order chi connectivity index (χ0) is 19.7. The fourth-order valence-electron chi connectivity index (χ4n) is 3.46. The van der Waals surface area contributed by atoms with Crippen LogP contribution >= 0.6 is 0 Å². The molecule has 1 fully saturated rings. The topological polar surface area (TPSA) is 38.1 Å². The summed E-state index contributed by atoms with van der Waals surface area (Å²) in [6, 6.07) is 14.0. The monoisotopic (exact) mass is 375 g/mol. The van der Waals surface area contributed by atoms with Crippen LogP contribution in [0.4, 0.5) is 4.39 Å². The van der Waals surface area contributed by atoms with Crippen molar-refractivity contribution >= 4 is 5.91 Å². The van der Waals surface area contributed by atoms with Gasteiger partial charge in [-0.15, -0.1) is 0 Å². The highest BCUT2D eigenvalue weighted by atomic mass is 19.1. The number of rotatable bonds is 3. The number of aryl methyl sites for hydroxylation is 1. The first-order chi connectivity index (χ1) is 13.5. The smallest absolute Gasteiger partial charge is 0.257 e. The molecule has 0 bridgehead atoms. The molecule has 5 heteroatoms. The standard InChI is InChI=1S/C23H22FN3O/c1-16-10-12-26(13-11-16)23(28)21-15-27(20-8-6-19(24)7-9-20)25-22(21)18-5-3-4-17(2)14-18/h3-9,14-15H,1,10-13H2,2H3. The molecular formula is C23H22FN3O. The zero-order valence-electron chi connectivity index (χ0n) is 15.9. The SMILES string of the molecule is C=C1CCN(C(=O)c2cn(-c3ccc(F)cc3)nc2-c2cccc(C)c2)CC1. The molecule has 0 spiro atoms. The summed E-state index contributed by atoms with van der Waals surface area (Å²) in [7, 11) is 0. The van der Waals surface area contributed by atoms with Crippen LogP contribution in [-0.4, -0.2) is 33.7 Å². The summed E-state index contributed by atoms with van der Waals surface area (Å²) in [5, 5.41) is 4.68. The Morgan fingerprint density at radius 2 is 1.82 bits per heavy atom. The van der Waals surface area contributed by atoms with Gasteiger partial charge in [-0.2, -0.15) is 5.10 Å². The minimum Gasteiger partial charge on any atom is -0.338 e. The lowest BCUT2D eigenvalue weighted by Gasteiger charge is -2.28. The van der Waals surface area contributed by atoms with Crippen LogP contribution in [0, 0.1) is 12.7 Å². The van der Waals surface area contributed by atoms with Crippen molar-refractivity contribution in [3.8, 4) is 16.9 Å². The van der Waals surface area contributed by atoms with E-state index >= 15 is 0 Å². The molecule has 2 heterocycles. The first-order valence-electron chi connectivity index (χ1n) is 9.40. The third-order valence-corrected chi connectivity index (χ3v) is 5.09. The summed E-state index contributed by atoms with van der Waals surface area (Å²) in [4.78, 5) is 15.1. The molecule has 1 aromatic heterocycles. The number of amides is 1. The number of carbonyl (C=O) groups is 1. The van der Waals surface area contributed by atoms with Gasteiger partial charge in [-0.25, -0.2) is 9.07 Å². The first-order valence-corrected chi connectivity index (χ1v) is 9.40. The number of piperidine rings is 1. The van der Waals surface area contributed by atoms with E-state index in [0.717, 1.165) is 24.0 Å². The van der Waals surface area contributed by atoms with Gasteiger partial charge in [0.15, 0.2) is 0 Å². The van der Waals surface area contributed by atoms with Crippen molar-refractivity contribution in [2.75, 3.05) is 13.1 Å². The van der Waals surface area contributed by atoms with Crippen LogP contribution in [0.2, 0.25) is 0 Å². The van der Waals surface area contributed by atoms with Gasteiger partial charge < -0.3 is 4.90 Å². The molecule has 4 nitrogen and oxygen atoms in total. The first kappa shape index (κ1) is 18.2. The molecular weight excluding hydrogens is 353 g/mol. The van der Waals surface area contributed by atoms with Crippen LogP contribution in [0.1, 0.15) is 28.8 Å². The van der Waals surface area contributed by atoms with Crippen LogP contribution in [-0.2, 0) is 0 Å². The van der Waals surface area contributed by atoms with E-state index in [-0.39, 0.29) is 11.7 Å². The van der Waals surface area contributed by atoms with Gasteiger partial charge in [-0.1, -0.05) is 35.9 Å². The molecule has 0 aliphatic carbocycles. The Morgan fingerprint density at radius 1 is 1.11 bits per heavy atom. The molecule has 1 aliphatic rings. The minimum absolute atomic E-state index is 0.0302. The van der Waals surface area contributed by atoms with E-state index in [2.05, 4.69) is 11.7 Å². The zero-order valence-corrected chi connectivity index (χ0v) is 15.9. The Labute approximate surface area is 163 Å². The molecule has 0 atom stereocenters. The highest BCUT2D eigenvalue weighted by Crippen LogP contribution is 2.27. The number of aromatic nitrogens is 2. The third kappa shape index (κ3) is 3.60. The average Bonchev–Trinajstić information content (AvgIpc) is 3.14. The number of nitrogens with zero attached hydrogens (tertiary/aromatic N) is 3. The number of hydrogen-bond donors (Lipinski definition) is 0. The van der Waals surface area contributed by atoms with E-state index < -0.39 is 0 Å². The second kappa shape index (κ2) is 7.43. The second-order valence-electron chi connectivity index (χ2n) is 7.22. The van der Waals surface area contributed by atoms with Crippen LogP contribution in [0.3, 0.4) is 0 Å². The van der Waals surface area contributed by atoms with Crippen molar-refractivity contribution in [2.24, 2.45) is 0 Å². The Morgan fingerprint density at radius 3 is 2.50 bits per heavy atom. The van der Waals surface area contributed by atoms with Crippen molar-refractivity contribution in [1.82, 2.24) is 14.7 Å². The number of benzene rings is 2. The number of carbonyl (C=O) groups excluding carboxylic acids is 1. The molecule has 3 aromatic rings. The normalized spacial score (nSPS) is 14.4. The largest absolute Gasteiger partial charge is 0.338 e. The molecule has 28 heavy (non-hydrogen) atoms. The maximum absolute atomic E-state index is 13.3. The van der Waals surface area contributed by atoms with E-state index in [1.807, 2.05) is 36.1 Å². The molecule has 0 radical (unpaired) electrons. The van der Waals surface area contributed by atoms with Gasteiger partial charge in [0.1, 0.15) is 11.5 Å². The molecule has 4 rings (SSSR count). The van der Waals surface area contributed by atoms with E-state index in [1.54, 1.807) is 23.0 Å². The fourth-order valence-corrected chi connectivity index (χ4v) is 3.46. The Hall–Kier alpha value is -3.21. The predicted molar refractivity (Wildman–Crippen MR) is 108 cm³/mol. The lowest BCUT2D eigenvalue weighted by Crippen LogP contribution is -2.36. The van der Waals surface area contributed by atoms with Gasteiger partial charge in [0.05, 0.1) is 11.3 Å². The van der Waals surface area contributed by atoms with Gasteiger partial charge in [-0.3, -0.25) is 4.79 Å². The van der Waals surface area contributed by atoms with Gasteiger partial charge in [0.2, 0.25) is 0 Å². The summed E-state index contributed by atoms with van der Waals surface area (Å²) in [6.45, 7) is 7.38. The van der Waals surface area contributed by atoms with Crippen molar-refractivity contribution in [3.63, 3.8) is 0 Å². The maximum atomic E-state index is 13.3. The lowest BCUT2D eigenvalue weighted by molar-refractivity contribution is 0.0744. The highest BCUT2D eigenvalue weighted by Gasteiger charge is 2.25. The van der Waals surface area contributed by atoms with Crippen LogP contribution in [0.5, 0.6) is 0 Å². The third-order valence-electron chi connectivity index (χ3n) is 5.09. The Balaban J connectivity index is 1.77. The number of hydrogen-bond acceptors (Lipinski definition) is 2. The molecule has 1 amide bonds. The van der Waals surface area contributed by atoms with Crippen LogP contribution in [0.15, 0.2) is 66.9 Å². The van der Waals surface area contributed by atoms with Gasteiger partial charge in [-0.05, 0) is 50.1 Å². The molecule has 0 N–H and O–H groups in total. The number of halogens is 1. The molecule has 142 valence electrons. The maximum Gasteiger partial charge on any atom is 0.257 e. The average molecular weight is 375 g/mol. The molecule has 0 saturated carbocycles. The molecule has 1 aliphatic heterocycles. The Kier molecular flexibility index (Phi) is 4.82. The van der Waals surface area contributed by atoms with Crippen molar-refractivity contribution < 1.29 is 9.18 Å². The quantitative estimate of drug-likeness (QED) is 0.618. The number of likely N-dealkylation sites (tertiary alicyclic amines) is 1. The lowest BCUT2D eigenvalue weighted by atomic mass is 10.0. The van der Waals surface area contributed by atoms with Crippen molar-refractivity contribution in [3.05, 3.63) is 83.8 Å². The van der Waals surface area contributed by atoms with Crippen molar-refractivity contribution in [1.29, 1.82) is 0 Å².